The number of piperazine rings is 1. The molecule has 2 fully saturated rings. The highest BCUT2D eigenvalue weighted by atomic mass is 19.1. The number of rotatable bonds is 6. The number of carbonyl (C=O) groups is 2. The summed E-state index contributed by atoms with van der Waals surface area (Å²) in [5, 5.41) is 0. The van der Waals surface area contributed by atoms with Crippen molar-refractivity contribution in [2.75, 3.05) is 39.8 Å². The van der Waals surface area contributed by atoms with Crippen LogP contribution >= 0.6 is 0 Å². The maximum atomic E-state index is 13.4. The minimum atomic E-state index is -0.393. The number of carbonyl (C=O) groups excluding carboxylic acids is 2. The maximum absolute atomic E-state index is 13.4. The SMILES string of the molecule is CCCN(C)C(=O)[C@@H](C1CCCC1)N1CCN(C(=O)c2cccc(F)c2)CC1. The van der Waals surface area contributed by atoms with Gasteiger partial charge >= 0.3 is 0 Å². The van der Waals surface area contributed by atoms with Gasteiger partial charge < -0.3 is 9.80 Å². The van der Waals surface area contributed by atoms with Crippen LogP contribution in [-0.2, 0) is 4.79 Å². The van der Waals surface area contributed by atoms with Gasteiger partial charge in [-0.25, -0.2) is 4.39 Å². The molecule has 3 rings (SSSR count). The molecule has 1 aromatic carbocycles. The van der Waals surface area contributed by atoms with Crippen LogP contribution in [0.3, 0.4) is 0 Å². The molecule has 154 valence electrons. The van der Waals surface area contributed by atoms with Crippen LogP contribution in [0.4, 0.5) is 4.39 Å². The average Bonchev–Trinajstić information content (AvgIpc) is 3.22. The predicted molar refractivity (Wildman–Crippen MR) is 108 cm³/mol. The van der Waals surface area contributed by atoms with Gasteiger partial charge in [0.2, 0.25) is 5.91 Å². The van der Waals surface area contributed by atoms with Crippen LogP contribution in [0, 0.1) is 11.7 Å². The summed E-state index contributed by atoms with van der Waals surface area (Å²) < 4.78 is 13.4. The number of amides is 2. The lowest BCUT2D eigenvalue weighted by Crippen LogP contribution is -2.58. The van der Waals surface area contributed by atoms with Gasteiger partial charge in [-0.1, -0.05) is 25.8 Å². The molecule has 0 bridgehead atoms. The number of halogens is 1. The highest BCUT2D eigenvalue weighted by Gasteiger charge is 2.38. The Balaban J connectivity index is 1.66. The van der Waals surface area contributed by atoms with Crippen LogP contribution in [0.25, 0.3) is 0 Å². The Morgan fingerprint density at radius 3 is 2.46 bits per heavy atom. The van der Waals surface area contributed by atoms with Crippen LogP contribution in [-0.4, -0.2) is 72.3 Å². The van der Waals surface area contributed by atoms with Crippen LogP contribution in [0.5, 0.6) is 0 Å². The minimum Gasteiger partial charge on any atom is -0.344 e. The second-order valence-corrected chi connectivity index (χ2v) is 8.09. The molecule has 6 heteroatoms. The normalized spacial score (nSPS) is 19.6. The third-order valence-corrected chi connectivity index (χ3v) is 6.10. The Morgan fingerprint density at radius 2 is 1.86 bits per heavy atom. The van der Waals surface area contributed by atoms with Gasteiger partial charge in [0.05, 0.1) is 6.04 Å². The van der Waals surface area contributed by atoms with E-state index in [4.69, 9.17) is 0 Å². The van der Waals surface area contributed by atoms with E-state index in [-0.39, 0.29) is 17.9 Å². The molecule has 1 aliphatic carbocycles. The second-order valence-electron chi connectivity index (χ2n) is 8.09. The van der Waals surface area contributed by atoms with E-state index < -0.39 is 5.82 Å². The highest BCUT2D eigenvalue weighted by molar-refractivity contribution is 5.94. The fraction of sp³-hybridized carbons (Fsp3) is 0.636. The lowest BCUT2D eigenvalue weighted by Gasteiger charge is -2.42. The molecule has 1 saturated heterocycles. The first-order chi connectivity index (χ1) is 13.5. The smallest absolute Gasteiger partial charge is 0.254 e. The monoisotopic (exact) mass is 389 g/mol. The number of benzene rings is 1. The van der Waals surface area contributed by atoms with E-state index >= 15 is 0 Å². The van der Waals surface area contributed by atoms with E-state index in [1.165, 1.54) is 25.0 Å². The summed E-state index contributed by atoms with van der Waals surface area (Å²) in [6.07, 6.45) is 5.57. The van der Waals surface area contributed by atoms with Gasteiger partial charge in [0.25, 0.3) is 5.91 Å². The van der Waals surface area contributed by atoms with Crippen molar-refractivity contribution >= 4 is 11.8 Å². The molecule has 1 aromatic rings. The van der Waals surface area contributed by atoms with Gasteiger partial charge in [-0.2, -0.15) is 0 Å². The van der Waals surface area contributed by atoms with Gasteiger partial charge in [0.15, 0.2) is 0 Å². The average molecular weight is 390 g/mol. The van der Waals surface area contributed by atoms with E-state index in [1.54, 1.807) is 17.0 Å². The zero-order valence-electron chi connectivity index (χ0n) is 17.1. The molecule has 2 amide bonds. The molecule has 5 nitrogen and oxygen atoms in total. The quantitative estimate of drug-likeness (QED) is 0.751. The summed E-state index contributed by atoms with van der Waals surface area (Å²) in [7, 11) is 1.90. The Kier molecular flexibility index (Phi) is 7.05. The van der Waals surface area contributed by atoms with Crippen molar-refractivity contribution in [2.45, 2.75) is 45.1 Å². The van der Waals surface area contributed by atoms with E-state index in [2.05, 4.69) is 11.8 Å². The van der Waals surface area contributed by atoms with Crippen molar-refractivity contribution < 1.29 is 14.0 Å². The third-order valence-electron chi connectivity index (χ3n) is 6.10. The van der Waals surface area contributed by atoms with Gasteiger partial charge in [-0.15, -0.1) is 0 Å². The molecule has 1 aliphatic heterocycles. The predicted octanol–water partition coefficient (Wildman–Crippen LogP) is 3.01. The van der Waals surface area contributed by atoms with Crippen molar-refractivity contribution in [3.8, 4) is 0 Å². The zero-order chi connectivity index (χ0) is 20.1. The van der Waals surface area contributed by atoms with Crippen molar-refractivity contribution in [3.63, 3.8) is 0 Å². The molecule has 2 aliphatic rings. The minimum absolute atomic E-state index is 0.0783. The van der Waals surface area contributed by atoms with Gasteiger partial charge in [0, 0.05) is 45.3 Å². The first-order valence-corrected chi connectivity index (χ1v) is 10.5. The van der Waals surface area contributed by atoms with Gasteiger partial charge in [-0.05, 0) is 43.4 Å². The van der Waals surface area contributed by atoms with E-state index in [0.717, 1.165) is 25.8 Å². The molecule has 0 spiro atoms. The second kappa shape index (κ2) is 9.50. The molecule has 0 N–H and O–H groups in total. The molecule has 0 unspecified atom stereocenters. The third kappa shape index (κ3) is 4.72. The zero-order valence-corrected chi connectivity index (χ0v) is 17.1. The summed E-state index contributed by atoms with van der Waals surface area (Å²) in [5.41, 5.74) is 0.388. The molecule has 1 heterocycles. The Hall–Kier alpha value is -1.95. The van der Waals surface area contributed by atoms with E-state index in [1.807, 2.05) is 11.9 Å². The van der Waals surface area contributed by atoms with Crippen molar-refractivity contribution in [2.24, 2.45) is 5.92 Å². The van der Waals surface area contributed by atoms with Crippen LogP contribution < -0.4 is 0 Å². The molecular weight excluding hydrogens is 357 g/mol. The van der Waals surface area contributed by atoms with Crippen LogP contribution in [0.1, 0.15) is 49.4 Å². The molecule has 1 atom stereocenters. The summed E-state index contributed by atoms with van der Waals surface area (Å²) >= 11 is 0. The van der Waals surface area contributed by atoms with E-state index in [0.29, 0.717) is 37.7 Å². The maximum Gasteiger partial charge on any atom is 0.254 e. The van der Waals surface area contributed by atoms with Gasteiger partial charge in [0.1, 0.15) is 5.82 Å². The number of likely N-dealkylation sites (N-methyl/N-ethyl adjacent to an activating group) is 1. The fourth-order valence-corrected chi connectivity index (χ4v) is 4.61. The first-order valence-electron chi connectivity index (χ1n) is 10.5. The van der Waals surface area contributed by atoms with Gasteiger partial charge in [-0.3, -0.25) is 14.5 Å². The largest absolute Gasteiger partial charge is 0.344 e. The summed E-state index contributed by atoms with van der Waals surface area (Å²) in [4.78, 5) is 31.8. The number of hydrogen-bond acceptors (Lipinski definition) is 3. The first kappa shape index (κ1) is 20.8. The summed E-state index contributed by atoms with van der Waals surface area (Å²) in [6.45, 7) is 5.39. The molecule has 0 radical (unpaired) electrons. The topological polar surface area (TPSA) is 43.9 Å². The van der Waals surface area contributed by atoms with Crippen molar-refractivity contribution in [1.29, 1.82) is 0 Å². The summed E-state index contributed by atoms with van der Waals surface area (Å²) in [5.74, 6) is 0.109. The Morgan fingerprint density at radius 1 is 1.18 bits per heavy atom. The lowest BCUT2D eigenvalue weighted by atomic mass is 9.94. The molecular formula is C22H32FN3O2. The van der Waals surface area contributed by atoms with Crippen LogP contribution in [0.15, 0.2) is 24.3 Å². The number of nitrogens with zero attached hydrogens (tertiary/aromatic N) is 3. The molecule has 0 aromatic heterocycles. The standard InChI is InChI=1S/C22H32FN3O2/c1-3-11-24(2)22(28)20(17-7-4-5-8-17)25-12-14-26(15-13-25)21(27)18-9-6-10-19(23)16-18/h6,9-10,16-17,20H,3-5,7-8,11-15H2,1-2H3/t20-/m1/s1. The highest BCUT2D eigenvalue weighted by Crippen LogP contribution is 2.32. The number of hydrogen-bond donors (Lipinski definition) is 0. The fourth-order valence-electron chi connectivity index (χ4n) is 4.61. The lowest BCUT2D eigenvalue weighted by molar-refractivity contribution is -0.138. The Bertz CT molecular complexity index is 682. The molecule has 1 saturated carbocycles. The van der Waals surface area contributed by atoms with Crippen LogP contribution in [0.2, 0.25) is 0 Å². The van der Waals surface area contributed by atoms with Crippen molar-refractivity contribution in [1.82, 2.24) is 14.7 Å². The Labute approximate surface area is 167 Å². The molecule has 28 heavy (non-hydrogen) atoms. The van der Waals surface area contributed by atoms with Crippen molar-refractivity contribution in [3.05, 3.63) is 35.6 Å². The van der Waals surface area contributed by atoms with E-state index in [9.17, 15) is 14.0 Å². The summed E-state index contributed by atoms with van der Waals surface area (Å²) in [6, 6.07) is 5.78.